The molecule has 0 aliphatic heterocycles. The first-order valence-electron chi connectivity index (χ1n) is 12.6. The van der Waals surface area contributed by atoms with E-state index in [1.165, 1.54) is 31.3 Å². The number of anilines is 1. The van der Waals surface area contributed by atoms with E-state index >= 15 is 4.39 Å². The van der Waals surface area contributed by atoms with E-state index in [1.807, 2.05) is 6.07 Å². The number of benzene rings is 2. The van der Waals surface area contributed by atoms with E-state index in [-0.39, 0.29) is 24.6 Å². The predicted octanol–water partition coefficient (Wildman–Crippen LogP) is 2.23. The van der Waals surface area contributed by atoms with Gasteiger partial charge >= 0.3 is 19.4 Å². The Bertz CT molecular complexity index is 1440. The van der Waals surface area contributed by atoms with E-state index in [0.717, 1.165) is 10.1 Å². The second-order valence-corrected chi connectivity index (χ2v) is 11.1. The minimum absolute atomic E-state index is 0.0158. The van der Waals surface area contributed by atoms with Gasteiger partial charge in [-0.3, -0.25) is 13.9 Å². The standard InChI is InChI=1S/C26H29BFN4O8P/c1-17(24(34)37-15-18-8-4-2-5-9-18)31-41(36,40-19-10-6-3-7-11-19)38-16-20(39-27)23(33)26(28)14-21(26)32-13-12-22(29)30-25(32)35/h2-13,17,20-21,23,33H,14-16H2,1H3,(H,31,36)(H2,29,30,35)/t17-,20?,21+,23-,26-,41?/m0/s1. The van der Waals surface area contributed by atoms with Crippen molar-refractivity contribution in [2.75, 3.05) is 12.3 Å². The zero-order chi connectivity index (χ0) is 29.6. The Balaban J connectivity index is 1.44. The van der Waals surface area contributed by atoms with Crippen LogP contribution in [0.5, 0.6) is 5.75 Å². The number of carbonyl (C=O) groups excluding carboxylic acids is 1. The summed E-state index contributed by atoms with van der Waals surface area (Å²) in [7, 11) is 0.958. The normalized spacial score (nSPS) is 21.7. The van der Waals surface area contributed by atoms with Crippen molar-refractivity contribution in [1.82, 2.24) is 14.6 Å². The van der Waals surface area contributed by atoms with Crippen LogP contribution in [0.15, 0.2) is 77.7 Å². The van der Waals surface area contributed by atoms with Gasteiger partial charge in [-0.2, -0.15) is 10.1 Å². The average molecular weight is 586 g/mol. The van der Waals surface area contributed by atoms with Crippen LogP contribution < -0.4 is 21.0 Å². The molecule has 41 heavy (non-hydrogen) atoms. The average Bonchev–Trinajstić information content (AvgIpc) is 3.64. The Morgan fingerprint density at radius 1 is 1.24 bits per heavy atom. The maximum atomic E-state index is 15.6. The highest BCUT2D eigenvalue weighted by Crippen LogP contribution is 2.54. The van der Waals surface area contributed by atoms with E-state index in [4.69, 9.17) is 32.2 Å². The van der Waals surface area contributed by atoms with Crippen LogP contribution in [-0.4, -0.2) is 59.2 Å². The highest BCUT2D eigenvalue weighted by molar-refractivity contribution is 7.52. The molecule has 0 spiro atoms. The number of carbonyl (C=O) groups is 1. The third-order valence-electron chi connectivity index (χ3n) is 6.41. The Kier molecular flexibility index (Phi) is 9.62. The molecule has 0 amide bonds. The zero-order valence-corrected chi connectivity index (χ0v) is 22.9. The summed E-state index contributed by atoms with van der Waals surface area (Å²) in [6, 6.07) is 16.0. The van der Waals surface area contributed by atoms with Gasteiger partial charge in [0.25, 0.3) is 8.05 Å². The molecule has 1 aliphatic rings. The van der Waals surface area contributed by atoms with Gasteiger partial charge < -0.3 is 24.8 Å². The fourth-order valence-corrected chi connectivity index (χ4v) is 5.59. The molecule has 4 N–H and O–H groups in total. The van der Waals surface area contributed by atoms with Crippen LogP contribution in [0.4, 0.5) is 10.2 Å². The van der Waals surface area contributed by atoms with Gasteiger partial charge in [0.15, 0.2) is 5.67 Å². The third-order valence-corrected chi connectivity index (χ3v) is 8.06. The van der Waals surface area contributed by atoms with Crippen molar-refractivity contribution in [2.24, 2.45) is 0 Å². The monoisotopic (exact) mass is 586 g/mol. The van der Waals surface area contributed by atoms with Crippen molar-refractivity contribution < 1.29 is 37.3 Å². The van der Waals surface area contributed by atoms with E-state index in [9.17, 15) is 19.3 Å². The SMILES string of the molecule is [B]OC(COP(=O)(N[C@@H](C)C(=O)OCc1ccccc1)Oc1ccccc1)[C@H](O)[C@]1(F)C[C@H]1n1ccc(N)nc1=O. The number of halogens is 1. The van der Waals surface area contributed by atoms with Crippen molar-refractivity contribution in [3.8, 4) is 5.75 Å². The minimum atomic E-state index is -4.37. The second kappa shape index (κ2) is 13.0. The van der Waals surface area contributed by atoms with Crippen molar-refractivity contribution in [2.45, 2.75) is 49.9 Å². The maximum absolute atomic E-state index is 15.6. The molecule has 216 valence electrons. The van der Waals surface area contributed by atoms with Gasteiger partial charge in [0.2, 0.25) is 0 Å². The molecule has 1 saturated carbocycles. The molecule has 0 bridgehead atoms. The molecule has 6 atom stereocenters. The maximum Gasteiger partial charge on any atom is 0.459 e. The second-order valence-electron chi connectivity index (χ2n) is 9.45. The number of aliphatic hydroxyl groups excluding tert-OH is 1. The van der Waals surface area contributed by atoms with Crippen molar-refractivity contribution >= 4 is 27.6 Å². The van der Waals surface area contributed by atoms with E-state index in [0.29, 0.717) is 0 Å². The summed E-state index contributed by atoms with van der Waals surface area (Å²) in [5, 5.41) is 13.3. The lowest BCUT2D eigenvalue weighted by Crippen LogP contribution is -2.43. The molecule has 12 nitrogen and oxygen atoms in total. The molecule has 2 radical (unpaired) electrons. The van der Waals surface area contributed by atoms with Crippen LogP contribution in [0.3, 0.4) is 0 Å². The number of hydrogen-bond acceptors (Lipinski definition) is 10. The van der Waals surface area contributed by atoms with E-state index < -0.39 is 56.0 Å². The minimum Gasteiger partial charge on any atom is -0.460 e. The van der Waals surface area contributed by atoms with E-state index in [2.05, 4.69) is 10.1 Å². The number of aliphatic hydroxyl groups is 1. The lowest BCUT2D eigenvalue weighted by Gasteiger charge is -2.28. The molecule has 1 heterocycles. The largest absolute Gasteiger partial charge is 0.460 e. The van der Waals surface area contributed by atoms with Crippen LogP contribution in [-0.2, 0) is 29.9 Å². The third kappa shape index (κ3) is 7.60. The molecule has 4 rings (SSSR count). The number of nitrogen functional groups attached to an aromatic ring is 1. The van der Waals surface area contributed by atoms with Gasteiger partial charge in [-0.15, -0.1) is 0 Å². The first kappa shape index (κ1) is 30.4. The number of aromatic nitrogens is 2. The molecule has 1 fully saturated rings. The lowest BCUT2D eigenvalue weighted by molar-refractivity contribution is -0.146. The predicted molar refractivity (Wildman–Crippen MR) is 147 cm³/mol. The number of nitrogens with zero attached hydrogens (tertiary/aromatic N) is 2. The first-order valence-corrected chi connectivity index (χ1v) is 14.1. The Labute approximate surface area is 236 Å². The number of nitrogens with two attached hydrogens (primary N) is 1. The van der Waals surface area contributed by atoms with Gasteiger partial charge in [0.05, 0.1) is 18.8 Å². The van der Waals surface area contributed by atoms with Gasteiger partial charge in [-0.05, 0) is 30.7 Å². The fraction of sp³-hybridized carbons (Fsp3) is 0.346. The summed E-state index contributed by atoms with van der Waals surface area (Å²) in [6.45, 7) is 0.666. The van der Waals surface area contributed by atoms with Crippen LogP contribution in [0, 0.1) is 0 Å². The summed E-state index contributed by atoms with van der Waals surface area (Å²) in [4.78, 5) is 28.3. The molecule has 2 aromatic carbocycles. The zero-order valence-electron chi connectivity index (χ0n) is 22.0. The number of ether oxygens (including phenoxy) is 1. The Hall–Kier alpha value is -3.55. The molecule has 1 aromatic heterocycles. The quantitative estimate of drug-likeness (QED) is 0.144. The van der Waals surface area contributed by atoms with Crippen LogP contribution in [0.2, 0.25) is 0 Å². The molecular weight excluding hydrogens is 557 g/mol. The van der Waals surface area contributed by atoms with Crippen LogP contribution in [0.25, 0.3) is 0 Å². The molecule has 0 saturated heterocycles. The van der Waals surface area contributed by atoms with Gasteiger partial charge in [0, 0.05) is 12.6 Å². The van der Waals surface area contributed by atoms with Gasteiger partial charge in [-0.25, -0.2) is 13.8 Å². The summed E-state index contributed by atoms with van der Waals surface area (Å²) in [5.74, 6) is -0.640. The Morgan fingerprint density at radius 3 is 2.54 bits per heavy atom. The summed E-state index contributed by atoms with van der Waals surface area (Å²) >= 11 is 0. The molecule has 3 aromatic rings. The van der Waals surface area contributed by atoms with Crippen LogP contribution in [0.1, 0.15) is 24.9 Å². The first-order chi connectivity index (χ1) is 19.5. The highest BCUT2D eigenvalue weighted by Gasteiger charge is 2.64. The van der Waals surface area contributed by atoms with Crippen LogP contribution >= 0.6 is 7.75 Å². The van der Waals surface area contributed by atoms with Crippen molar-refractivity contribution in [3.63, 3.8) is 0 Å². The molecular formula is C26H29BFN4O8P. The van der Waals surface area contributed by atoms with Crippen molar-refractivity contribution in [3.05, 3.63) is 89.0 Å². The number of esters is 1. The number of hydrogen-bond donors (Lipinski definition) is 3. The number of alkyl halides is 1. The smallest absolute Gasteiger partial charge is 0.459 e. The molecule has 2 unspecified atom stereocenters. The summed E-state index contributed by atoms with van der Waals surface area (Å²) in [6.07, 6.45) is -2.43. The number of rotatable bonds is 14. The van der Waals surface area contributed by atoms with Crippen molar-refractivity contribution in [1.29, 1.82) is 0 Å². The number of nitrogens with one attached hydrogen (secondary N) is 1. The Morgan fingerprint density at radius 2 is 1.90 bits per heavy atom. The lowest BCUT2D eigenvalue weighted by atomic mass is 10.1. The topological polar surface area (TPSA) is 164 Å². The van der Waals surface area contributed by atoms with Gasteiger partial charge in [-0.1, -0.05) is 48.5 Å². The molecule has 1 aliphatic carbocycles. The summed E-state index contributed by atoms with van der Waals surface area (Å²) < 4.78 is 51.5. The molecule has 15 heteroatoms. The summed E-state index contributed by atoms with van der Waals surface area (Å²) in [5.41, 5.74) is 3.11. The fourth-order valence-electron chi connectivity index (χ4n) is 4.09. The highest BCUT2D eigenvalue weighted by atomic mass is 31.2. The van der Waals surface area contributed by atoms with Gasteiger partial charge in [0.1, 0.15) is 30.3 Å². The number of para-hydroxylation sites is 1. The van der Waals surface area contributed by atoms with E-state index in [1.54, 1.807) is 42.5 Å².